The summed E-state index contributed by atoms with van der Waals surface area (Å²) in [5.41, 5.74) is -0.196. The van der Waals surface area contributed by atoms with Gasteiger partial charge < -0.3 is 29.2 Å². The number of aryl methyl sites for hydroxylation is 2. The van der Waals surface area contributed by atoms with Gasteiger partial charge in [-0.25, -0.2) is 20.3 Å². The molecule has 0 bridgehead atoms. The van der Waals surface area contributed by atoms with Crippen molar-refractivity contribution in [3.8, 4) is 16.9 Å². The number of alkyl carbamates (subject to hydrolysis) is 1. The number of rotatable bonds is 10. The third-order valence-corrected chi connectivity index (χ3v) is 8.19. The van der Waals surface area contributed by atoms with Gasteiger partial charge in [0.15, 0.2) is 6.54 Å². The number of hydrogen-bond donors (Lipinski definition) is 2. The number of likely N-dealkylation sites (tertiary alicyclic amines) is 1. The van der Waals surface area contributed by atoms with Crippen LogP contribution in [0.25, 0.3) is 11.1 Å². The first-order chi connectivity index (χ1) is 22.7. The highest BCUT2D eigenvalue weighted by Gasteiger charge is 2.48. The van der Waals surface area contributed by atoms with Crippen molar-refractivity contribution in [3.63, 3.8) is 0 Å². The van der Waals surface area contributed by atoms with Gasteiger partial charge in [0.2, 0.25) is 11.8 Å². The highest BCUT2D eigenvalue weighted by atomic mass is 16.7. The second-order valence-corrected chi connectivity index (χ2v) is 16.2. The topological polar surface area (TPSA) is 147 Å². The normalized spacial score (nSPS) is 18.0. The number of nitrogens with zero attached hydrogens (tertiary/aromatic N) is 3. The predicted octanol–water partition coefficient (Wildman–Crippen LogP) is 4.91. The summed E-state index contributed by atoms with van der Waals surface area (Å²) in [6.45, 7) is 21.2. The van der Waals surface area contributed by atoms with E-state index in [1.807, 2.05) is 53.7 Å². The third kappa shape index (κ3) is 10.3. The van der Waals surface area contributed by atoms with Gasteiger partial charge in [0.1, 0.15) is 28.7 Å². The van der Waals surface area contributed by atoms with Crippen molar-refractivity contribution < 1.29 is 42.9 Å². The number of aromatic nitrogens is 2. The zero-order chi connectivity index (χ0) is 36.4. The summed E-state index contributed by atoms with van der Waals surface area (Å²) in [6, 6.07) is 6.03. The van der Waals surface area contributed by atoms with E-state index in [1.165, 1.54) is 0 Å². The first-order valence-electron chi connectivity index (χ1n) is 17.1. The van der Waals surface area contributed by atoms with Crippen LogP contribution in [0.1, 0.15) is 87.6 Å². The lowest BCUT2D eigenvalue weighted by Crippen LogP contribution is -2.58. The molecule has 0 radical (unpaired) electrons. The van der Waals surface area contributed by atoms with Crippen LogP contribution in [0.4, 0.5) is 9.59 Å². The predicted molar refractivity (Wildman–Crippen MR) is 182 cm³/mol. The fraction of sp³-hybridized carbons (Fsp3) is 0.667. The lowest BCUT2D eigenvalue weighted by Gasteiger charge is -2.38. The van der Waals surface area contributed by atoms with Crippen LogP contribution in [0.5, 0.6) is 5.75 Å². The monoisotopic (exact) mass is 686 g/mol. The van der Waals surface area contributed by atoms with Gasteiger partial charge in [0, 0.05) is 19.6 Å². The lowest BCUT2D eigenvalue weighted by molar-refractivity contribution is -0.781. The van der Waals surface area contributed by atoms with E-state index in [1.54, 1.807) is 32.6 Å². The van der Waals surface area contributed by atoms with Crippen LogP contribution in [-0.4, -0.2) is 75.9 Å². The van der Waals surface area contributed by atoms with Crippen LogP contribution in [-0.2, 0) is 43.4 Å². The SMILES string of the molecule is CC(C)(C)OC(=O)NCCCn1cc(-c2ccc3c(c2)CC[C@H]([C@](C)(ON)C(=O)OC(C)(C)C)O3)c[n+]1CC1CN(C(=O)OC(C)(C)C)C1. The molecule has 13 nitrogen and oxygen atoms in total. The van der Waals surface area contributed by atoms with Crippen molar-refractivity contribution in [2.75, 3.05) is 19.6 Å². The van der Waals surface area contributed by atoms with E-state index >= 15 is 0 Å². The maximum Gasteiger partial charge on any atom is 0.410 e. The van der Waals surface area contributed by atoms with E-state index < -0.39 is 40.6 Å². The summed E-state index contributed by atoms with van der Waals surface area (Å²) in [6.07, 6.45) is 4.75. The molecule has 13 heteroatoms. The number of fused-ring (bicyclic) bond motifs is 1. The number of nitrogens with one attached hydrogen (secondary N) is 1. The average molecular weight is 687 g/mol. The Hall–Kier alpha value is -3.84. The van der Waals surface area contributed by atoms with Crippen LogP contribution in [0.15, 0.2) is 30.6 Å². The molecule has 272 valence electrons. The van der Waals surface area contributed by atoms with Crippen molar-refractivity contribution in [2.24, 2.45) is 11.8 Å². The highest BCUT2D eigenvalue weighted by Crippen LogP contribution is 2.36. The molecule has 2 aliphatic rings. The number of benzene rings is 1. The van der Waals surface area contributed by atoms with Crippen LogP contribution in [0.3, 0.4) is 0 Å². The number of nitrogens with two attached hydrogens (primary N) is 1. The Morgan fingerprint density at radius 3 is 2.20 bits per heavy atom. The molecule has 1 fully saturated rings. The number of amides is 2. The van der Waals surface area contributed by atoms with E-state index in [-0.39, 0.29) is 12.0 Å². The summed E-state index contributed by atoms with van der Waals surface area (Å²) < 4.78 is 27.1. The highest BCUT2D eigenvalue weighted by molar-refractivity contribution is 5.80. The Kier molecular flexibility index (Phi) is 11.3. The van der Waals surface area contributed by atoms with Crippen molar-refractivity contribution in [1.82, 2.24) is 14.9 Å². The summed E-state index contributed by atoms with van der Waals surface area (Å²) in [5.74, 6) is 6.01. The smallest absolute Gasteiger partial charge is 0.410 e. The molecule has 4 rings (SSSR count). The van der Waals surface area contributed by atoms with Gasteiger partial charge >= 0.3 is 18.2 Å². The van der Waals surface area contributed by atoms with Crippen LogP contribution in [0, 0.1) is 5.92 Å². The Bertz CT molecular complexity index is 1500. The fourth-order valence-electron chi connectivity index (χ4n) is 5.76. The number of carbonyl (C=O) groups is 3. The minimum atomic E-state index is -1.47. The van der Waals surface area contributed by atoms with Gasteiger partial charge in [0.05, 0.1) is 24.2 Å². The molecule has 2 amide bonds. The second kappa shape index (κ2) is 14.6. The largest absolute Gasteiger partial charge is 0.486 e. The van der Waals surface area contributed by atoms with E-state index in [9.17, 15) is 14.4 Å². The molecule has 0 spiro atoms. The van der Waals surface area contributed by atoms with E-state index in [0.717, 1.165) is 23.2 Å². The Morgan fingerprint density at radius 1 is 0.939 bits per heavy atom. The molecule has 49 heavy (non-hydrogen) atoms. The maximum absolute atomic E-state index is 13.0. The lowest BCUT2D eigenvalue weighted by atomic mass is 9.89. The number of carbonyl (C=O) groups excluding carboxylic acids is 3. The molecule has 2 aromatic rings. The molecule has 0 unspecified atom stereocenters. The Balaban J connectivity index is 1.48. The second-order valence-electron chi connectivity index (χ2n) is 16.2. The fourth-order valence-corrected chi connectivity index (χ4v) is 5.76. The van der Waals surface area contributed by atoms with Crippen molar-refractivity contribution in [1.29, 1.82) is 0 Å². The molecule has 0 saturated carbocycles. The summed E-state index contributed by atoms with van der Waals surface area (Å²) in [5, 5.41) is 2.84. The van der Waals surface area contributed by atoms with Crippen LogP contribution < -0.4 is 20.6 Å². The quantitative estimate of drug-likeness (QED) is 0.117. The number of esters is 1. The number of ether oxygens (including phenoxy) is 4. The van der Waals surface area contributed by atoms with Gasteiger partial charge in [-0.2, -0.15) is 4.68 Å². The molecule has 1 aromatic heterocycles. The number of hydrogen-bond acceptors (Lipinski definition) is 9. The molecule has 3 heterocycles. The molecule has 3 N–H and O–H groups in total. The minimum Gasteiger partial charge on any atom is -0.486 e. The Labute approximate surface area is 290 Å². The molecule has 2 aliphatic heterocycles. The van der Waals surface area contributed by atoms with Crippen molar-refractivity contribution in [2.45, 2.75) is 130 Å². The summed E-state index contributed by atoms with van der Waals surface area (Å²) in [7, 11) is 0. The van der Waals surface area contributed by atoms with Crippen molar-refractivity contribution in [3.05, 3.63) is 36.2 Å². The first-order valence-corrected chi connectivity index (χ1v) is 17.1. The average Bonchev–Trinajstić information content (AvgIpc) is 3.35. The molecule has 0 aliphatic carbocycles. The van der Waals surface area contributed by atoms with Gasteiger partial charge in [-0.05, 0) is 112 Å². The van der Waals surface area contributed by atoms with E-state index in [2.05, 4.69) is 33.1 Å². The van der Waals surface area contributed by atoms with Gasteiger partial charge in [0.25, 0.3) is 0 Å². The zero-order valence-electron chi connectivity index (χ0n) is 30.9. The van der Waals surface area contributed by atoms with Crippen LogP contribution in [0.2, 0.25) is 0 Å². The Morgan fingerprint density at radius 2 is 1.59 bits per heavy atom. The molecule has 1 saturated heterocycles. The van der Waals surface area contributed by atoms with Crippen LogP contribution >= 0.6 is 0 Å². The third-order valence-electron chi connectivity index (χ3n) is 8.19. The first kappa shape index (κ1) is 38.0. The van der Waals surface area contributed by atoms with Crippen molar-refractivity contribution >= 4 is 18.2 Å². The zero-order valence-corrected chi connectivity index (χ0v) is 30.9. The van der Waals surface area contributed by atoms with Gasteiger partial charge in [-0.15, -0.1) is 4.68 Å². The summed E-state index contributed by atoms with van der Waals surface area (Å²) >= 11 is 0. The maximum atomic E-state index is 13.0. The standard InChI is InChI=1S/C36H55N5O8/c1-33(2,3)46-30(42)36(10,49-37)29-15-13-26-18-25(12-14-28(26)45-29)27-22-40(17-11-16-38-31(43)47-34(4,5)6)41(23-27)21-24-19-39(20-24)32(44)48-35(7,8)9/h12,14,18,22-24,29H,11,13,15-17,19-21,37H2,1-10H3/p+1/t29-,36+/m1/s1. The molecular formula is C36H56N5O8+. The van der Waals surface area contributed by atoms with Gasteiger partial charge in [-0.1, -0.05) is 6.07 Å². The molecule has 2 atom stereocenters. The van der Waals surface area contributed by atoms with E-state index in [0.29, 0.717) is 51.2 Å². The molecule has 1 aromatic carbocycles. The minimum absolute atomic E-state index is 0.275. The molecular weight excluding hydrogens is 630 g/mol. The summed E-state index contributed by atoms with van der Waals surface area (Å²) in [4.78, 5) is 44.6. The van der Waals surface area contributed by atoms with E-state index in [4.69, 9.17) is 29.7 Å². The van der Waals surface area contributed by atoms with Gasteiger partial charge in [-0.3, -0.25) is 4.84 Å².